The van der Waals surface area contributed by atoms with Crippen LogP contribution in [0.5, 0.6) is 0 Å². The van der Waals surface area contributed by atoms with Crippen LogP contribution < -0.4 is 0 Å². The lowest BCUT2D eigenvalue weighted by Gasteiger charge is -2.01. The number of nitrogens with zero attached hydrogens (tertiary/aromatic N) is 2. The molecule has 3 aromatic rings. The minimum Gasteiger partial charge on any atom is -0.333 e. The van der Waals surface area contributed by atoms with Crippen molar-refractivity contribution in [2.75, 3.05) is 0 Å². The number of thioether (sulfide) groups is 1. The molecule has 21 heavy (non-hydrogen) atoms. The number of imidazole rings is 1. The molecule has 0 fully saturated rings. The summed E-state index contributed by atoms with van der Waals surface area (Å²) in [6, 6.07) is 16.2. The van der Waals surface area contributed by atoms with Gasteiger partial charge in [-0.3, -0.25) is 0 Å². The van der Waals surface area contributed by atoms with Gasteiger partial charge in [0, 0.05) is 5.75 Å². The zero-order chi connectivity index (χ0) is 14.7. The van der Waals surface area contributed by atoms with E-state index in [1.807, 2.05) is 24.3 Å². The first-order valence-corrected chi connectivity index (χ1v) is 7.88. The van der Waals surface area contributed by atoms with Gasteiger partial charge in [-0.15, -0.1) is 0 Å². The van der Waals surface area contributed by atoms with Gasteiger partial charge < -0.3 is 4.98 Å². The number of aryl methyl sites for hydroxylation is 1. The third-order valence-electron chi connectivity index (χ3n) is 3.44. The van der Waals surface area contributed by atoms with Gasteiger partial charge in [0.15, 0.2) is 5.16 Å². The molecule has 0 aliphatic heterocycles. The summed E-state index contributed by atoms with van der Waals surface area (Å²) in [5.41, 5.74) is 5.14. The van der Waals surface area contributed by atoms with Crippen LogP contribution in [0.25, 0.3) is 11.0 Å². The molecule has 0 saturated heterocycles. The monoisotopic (exact) mass is 293 g/mol. The molecule has 1 heterocycles. The predicted octanol–water partition coefficient (Wildman–Crippen LogP) is 4.29. The summed E-state index contributed by atoms with van der Waals surface area (Å²) in [5, 5.41) is 10.00. The number of fused-ring (bicyclic) bond motifs is 1. The number of aromatic amines is 1. The summed E-state index contributed by atoms with van der Waals surface area (Å²) in [6.45, 7) is 2.14. The summed E-state index contributed by atoms with van der Waals surface area (Å²) in [5.74, 6) is 0.740. The maximum absolute atomic E-state index is 9.10. The van der Waals surface area contributed by atoms with Gasteiger partial charge >= 0.3 is 0 Å². The van der Waals surface area contributed by atoms with E-state index in [0.29, 0.717) is 0 Å². The smallest absolute Gasteiger partial charge is 0.166 e. The molecule has 0 amide bonds. The van der Waals surface area contributed by atoms with Crippen molar-refractivity contribution < 1.29 is 0 Å². The maximum atomic E-state index is 9.10. The van der Waals surface area contributed by atoms with Gasteiger partial charge in [-0.2, -0.15) is 5.26 Å². The number of hydrogen-bond donors (Lipinski definition) is 1. The third-order valence-corrected chi connectivity index (χ3v) is 4.36. The zero-order valence-corrected chi connectivity index (χ0v) is 12.6. The normalized spacial score (nSPS) is 10.7. The van der Waals surface area contributed by atoms with Gasteiger partial charge in [0.05, 0.1) is 22.7 Å². The highest BCUT2D eigenvalue weighted by molar-refractivity contribution is 7.98. The van der Waals surface area contributed by atoms with E-state index in [1.165, 1.54) is 5.56 Å². The molecular weight excluding hydrogens is 278 g/mol. The summed E-state index contributed by atoms with van der Waals surface area (Å²) in [7, 11) is 0. The molecule has 0 spiro atoms. The fraction of sp³-hybridized carbons (Fsp3) is 0.176. The molecule has 0 aliphatic rings. The van der Waals surface area contributed by atoms with Crippen LogP contribution in [0, 0.1) is 11.3 Å². The number of nitriles is 1. The number of rotatable bonds is 4. The summed E-state index contributed by atoms with van der Waals surface area (Å²) >= 11 is 1.62. The highest BCUT2D eigenvalue weighted by Crippen LogP contribution is 2.25. The molecule has 0 aliphatic carbocycles. The molecular formula is C17H15N3S. The molecule has 0 radical (unpaired) electrons. The van der Waals surface area contributed by atoms with Crippen LogP contribution in [0.1, 0.15) is 23.6 Å². The number of hydrogen-bond acceptors (Lipinski definition) is 3. The van der Waals surface area contributed by atoms with Crippen LogP contribution in [0.3, 0.4) is 0 Å². The lowest BCUT2D eigenvalue weighted by molar-refractivity contribution is 1.08. The Morgan fingerprint density at radius 2 is 2.10 bits per heavy atom. The summed E-state index contributed by atoms with van der Waals surface area (Å²) in [4.78, 5) is 7.93. The topological polar surface area (TPSA) is 52.5 Å². The van der Waals surface area contributed by atoms with Crippen molar-refractivity contribution in [2.24, 2.45) is 0 Å². The first kappa shape index (κ1) is 13.7. The van der Waals surface area contributed by atoms with Gasteiger partial charge in [-0.05, 0) is 35.7 Å². The first-order valence-electron chi connectivity index (χ1n) is 6.89. The summed E-state index contributed by atoms with van der Waals surface area (Å²) in [6.07, 6.45) is 1.02. The second kappa shape index (κ2) is 6.02. The van der Waals surface area contributed by atoms with Gasteiger partial charge in [0.2, 0.25) is 0 Å². The van der Waals surface area contributed by atoms with Crippen molar-refractivity contribution in [3.05, 3.63) is 59.2 Å². The van der Waals surface area contributed by atoms with Crippen LogP contribution in [-0.2, 0) is 12.2 Å². The highest BCUT2D eigenvalue weighted by Gasteiger charge is 2.06. The first-order chi connectivity index (χ1) is 10.3. The Bertz CT molecular complexity index is 814. The lowest BCUT2D eigenvalue weighted by atomic mass is 10.1. The second-order valence-electron chi connectivity index (χ2n) is 4.80. The van der Waals surface area contributed by atoms with Crippen LogP contribution in [0.15, 0.2) is 47.6 Å². The van der Waals surface area contributed by atoms with E-state index < -0.39 is 0 Å². The zero-order valence-electron chi connectivity index (χ0n) is 11.8. The molecule has 2 aromatic carbocycles. The molecule has 0 bridgehead atoms. The quantitative estimate of drug-likeness (QED) is 0.730. The number of aromatic nitrogens is 2. The molecule has 0 atom stereocenters. The van der Waals surface area contributed by atoms with Crippen molar-refractivity contribution in [1.82, 2.24) is 9.97 Å². The van der Waals surface area contributed by atoms with E-state index in [2.05, 4.69) is 41.2 Å². The Balaban J connectivity index is 1.81. The molecule has 0 unspecified atom stereocenters. The number of H-pyrrole nitrogens is 1. The Morgan fingerprint density at radius 3 is 2.90 bits per heavy atom. The lowest BCUT2D eigenvalue weighted by Crippen LogP contribution is -1.87. The fourth-order valence-electron chi connectivity index (χ4n) is 2.22. The van der Waals surface area contributed by atoms with Crippen molar-refractivity contribution in [3.63, 3.8) is 0 Å². The fourth-order valence-corrected chi connectivity index (χ4v) is 3.11. The Labute approximate surface area is 128 Å². The molecule has 0 saturated carbocycles. The van der Waals surface area contributed by atoms with E-state index in [-0.39, 0.29) is 0 Å². The van der Waals surface area contributed by atoms with E-state index in [0.717, 1.165) is 39.5 Å². The summed E-state index contributed by atoms with van der Waals surface area (Å²) < 4.78 is 0. The van der Waals surface area contributed by atoms with Crippen molar-refractivity contribution in [3.8, 4) is 6.07 Å². The Kier molecular flexibility index (Phi) is 3.94. The van der Waals surface area contributed by atoms with Crippen molar-refractivity contribution in [2.45, 2.75) is 24.3 Å². The minimum absolute atomic E-state index is 0.731. The molecule has 3 rings (SSSR count). The van der Waals surface area contributed by atoms with Crippen LogP contribution in [0.2, 0.25) is 0 Å². The molecule has 3 nitrogen and oxygen atoms in total. The van der Waals surface area contributed by atoms with E-state index >= 15 is 0 Å². The van der Waals surface area contributed by atoms with Crippen LogP contribution >= 0.6 is 11.8 Å². The maximum Gasteiger partial charge on any atom is 0.166 e. The number of benzene rings is 2. The van der Waals surface area contributed by atoms with Crippen molar-refractivity contribution >= 4 is 22.8 Å². The standard InChI is InChI=1S/C17H15N3S/c1-2-12-7-8-15-16(9-12)20-17(19-15)21-11-14-6-4-3-5-13(14)10-18/h3-9H,2,11H2,1H3,(H,19,20). The molecule has 1 N–H and O–H groups in total. The van der Waals surface area contributed by atoms with E-state index in [1.54, 1.807) is 11.8 Å². The SMILES string of the molecule is CCc1ccc2nc(SCc3ccccc3C#N)[nH]c2c1. The van der Waals surface area contributed by atoms with Crippen LogP contribution in [-0.4, -0.2) is 9.97 Å². The van der Waals surface area contributed by atoms with Gasteiger partial charge in [-0.1, -0.05) is 43.0 Å². The average Bonchev–Trinajstić information content (AvgIpc) is 2.94. The third kappa shape index (κ3) is 2.93. The van der Waals surface area contributed by atoms with Crippen LogP contribution in [0.4, 0.5) is 0 Å². The molecule has 4 heteroatoms. The van der Waals surface area contributed by atoms with E-state index in [4.69, 9.17) is 5.26 Å². The Morgan fingerprint density at radius 1 is 1.24 bits per heavy atom. The predicted molar refractivity (Wildman–Crippen MR) is 86.2 cm³/mol. The highest BCUT2D eigenvalue weighted by atomic mass is 32.2. The van der Waals surface area contributed by atoms with Crippen molar-refractivity contribution in [1.29, 1.82) is 5.26 Å². The van der Waals surface area contributed by atoms with Gasteiger partial charge in [0.1, 0.15) is 0 Å². The number of nitrogens with one attached hydrogen (secondary N) is 1. The molecule has 1 aromatic heterocycles. The van der Waals surface area contributed by atoms with Gasteiger partial charge in [-0.25, -0.2) is 4.98 Å². The molecule has 104 valence electrons. The Hall–Kier alpha value is -2.25. The second-order valence-corrected chi connectivity index (χ2v) is 5.77. The largest absolute Gasteiger partial charge is 0.333 e. The van der Waals surface area contributed by atoms with Gasteiger partial charge in [0.25, 0.3) is 0 Å². The minimum atomic E-state index is 0.731. The van der Waals surface area contributed by atoms with E-state index in [9.17, 15) is 0 Å². The average molecular weight is 293 g/mol.